The summed E-state index contributed by atoms with van der Waals surface area (Å²) in [6.45, 7) is 0. The zero-order valence-electron chi connectivity index (χ0n) is 6.67. The van der Waals surface area contributed by atoms with E-state index in [-0.39, 0.29) is 24.4 Å². The average Bonchev–Trinajstić information content (AvgIpc) is 1.94. The Morgan fingerprint density at radius 2 is 2.23 bits per heavy atom. The predicted molar refractivity (Wildman–Crippen MR) is 45.1 cm³/mol. The van der Waals surface area contributed by atoms with Crippen LogP contribution >= 0.6 is 12.4 Å². The molecular formula is C7H10ClF2NO2. The molecule has 6 heteroatoms. The van der Waals surface area contributed by atoms with Gasteiger partial charge < -0.3 is 10.8 Å². The van der Waals surface area contributed by atoms with E-state index in [1.165, 1.54) is 0 Å². The van der Waals surface area contributed by atoms with Crippen molar-refractivity contribution >= 4 is 18.4 Å². The first-order valence-corrected chi connectivity index (χ1v) is 3.51. The third kappa shape index (κ3) is 2.63. The number of hydrogen-bond donors (Lipinski definition) is 2. The van der Waals surface area contributed by atoms with Crippen LogP contribution in [0.5, 0.6) is 0 Å². The Morgan fingerprint density at radius 1 is 1.69 bits per heavy atom. The molecule has 3 nitrogen and oxygen atoms in total. The molecule has 0 aromatic heterocycles. The molecule has 13 heavy (non-hydrogen) atoms. The topological polar surface area (TPSA) is 63.3 Å². The van der Waals surface area contributed by atoms with Crippen LogP contribution in [0, 0.1) is 0 Å². The Labute approximate surface area is 80.0 Å². The van der Waals surface area contributed by atoms with E-state index in [1.54, 1.807) is 0 Å². The van der Waals surface area contributed by atoms with Gasteiger partial charge in [0, 0.05) is 12.0 Å². The van der Waals surface area contributed by atoms with Crippen LogP contribution < -0.4 is 5.73 Å². The summed E-state index contributed by atoms with van der Waals surface area (Å²) in [5.41, 5.74) is 5.03. The highest BCUT2D eigenvalue weighted by molar-refractivity contribution is 5.87. The first kappa shape index (κ1) is 12.3. The number of alkyl halides is 2. The van der Waals surface area contributed by atoms with Crippen LogP contribution in [0.15, 0.2) is 11.6 Å². The zero-order valence-corrected chi connectivity index (χ0v) is 7.48. The molecule has 0 saturated heterocycles. The summed E-state index contributed by atoms with van der Waals surface area (Å²) in [6, 6.07) is -1.46. The van der Waals surface area contributed by atoms with Crippen LogP contribution in [-0.2, 0) is 4.79 Å². The lowest BCUT2D eigenvalue weighted by atomic mass is 9.93. The number of hydrogen-bond acceptors (Lipinski definition) is 2. The summed E-state index contributed by atoms with van der Waals surface area (Å²) in [6.07, 6.45) is 0.328. The number of carboxylic acid groups (broad SMARTS) is 1. The van der Waals surface area contributed by atoms with Gasteiger partial charge in [-0.25, -0.2) is 13.6 Å². The van der Waals surface area contributed by atoms with Crippen molar-refractivity contribution in [1.82, 2.24) is 0 Å². The number of aliphatic carboxylic acids is 1. The predicted octanol–water partition coefficient (Wildman–Crippen LogP) is 1.18. The van der Waals surface area contributed by atoms with Crippen molar-refractivity contribution in [3.63, 3.8) is 0 Å². The van der Waals surface area contributed by atoms with Gasteiger partial charge in [0.2, 0.25) is 0 Å². The van der Waals surface area contributed by atoms with Crippen molar-refractivity contribution in [2.45, 2.75) is 24.8 Å². The molecule has 1 rings (SSSR count). The molecule has 1 aliphatic carbocycles. The molecule has 1 aliphatic rings. The van der Waals surface area contributed by atoms with Crippen LogP contribution in [0.3, 0.4) is 0 Å². The molecule has 0 aromatic rings. The molecule has 3 N–H and O–H groups in total. The fourth-order valence-corrected chi connectivity index (χ4v) is 1.07. The smallest absolute Gasteiger partial charge is 0.331 e. The minimum atomic E-state index is -2.96. The molecule has 76 valence electrons. The molecule has 0 amide bonds. The second-order valence-corrected chi connectivity index (χ2v) is 2.78. The van der Waals surface area contributed by atoms with Crippen LogP contribution in [-0.4, -0.2) is 23.0 Å². The number of carbonyl (C=O) groups is 1. The van der Waals surface area contributed by atoms with E-state index in [2.05, 4.69) is 0 Å². The fourth-order valence-electron chi connectivity index (χ4n) is 1.07. The van der Waals surface area contributed by atoms with Crippen molar-refractivity contribution in [3.8, 4) is 0 Å². The van der Waals surface area contributed by atoms with Crippen molar-refractivity contribution in [1.29, 1.82) is 0 Å². The standard InChI is InChI=1S/C7H9F2NO2.ClH/c8-7(9)2-1-4(6(11)12)3-5(7)10;/h3,5H,1-2,10H2,(H,11,12);1H/t5-;/m0./s1. The maximum Gasteiger partial charge on any atom is 0.331 e. The molecule has 0 radical (unpaired) electrons. The van der Waals surface area contributed by atoms with E-state index >= 15 is 0 Å². The van der Waals surface area contributed by atoms with E-state index < -0.39 is 24.4 Å². The van der Waals surface area contributed by atoms with E-state index in [4.69, 9.17) is 10.8 Å². The molecule has 0 saturated carbocycles. The normalized spacial score (nSPS) is 25.8. The third-order valence-electron chi connectivity index (χ3n) is 1.87. The van der Waals surface area contributed by atoms with Gasteiger partial charge in [-0.05, 0) is 6.42 Å². The molecule has 0 fully saturated rings. The Bertz CT molecular complexity index is 243. The number of rotatable bonds is 1. The summed E-state index contributed by atoms with van der Waals surface area (Å²) in [4.78, 5) is 10.3. The number of carboxylic acids is 1. The maximum atomic E-state index is 12.7. The van der Waals surface area contributed by atoms with Gasteiger partial charge in [-0.15, -0.1) is 12.4 Å². The fraction of sp³-hybridized carbons (Fsp3) is 0.571. The summed E-state index contributed by atoms with van der Waals surface area (Å²) in [7, 11) is 0. The largest absolute Gasteiger partial charge is 0.478 e. The number of nitrogens with two attached hydrogens (primary N) is 1. The third-order valence-corrected chi connectivity index (χ3v) is 1.87. The van der Waals surface area contributed by atoms with Gasteiger partial charge >= 0.3 is 5.97 Å². The Balaban J connectivity index is 0.00000144. The van der Waals surface area contributed by atoms with Gasteiger partial charge in [0.05, 0.1) is 6.04 Å². The average molecular weight is 214 g/mol. The summed E-state index contributed by atoms with van der Waals surface area (Å²) in [5, 5.41) is 8.46. The van der Waals surface area contributed by atoms with Gasteiger partial charge in [0.15, 0.2) is 0 Å². The Kier molecular flexibility index (Phi) is 3.81. The highest BCUT2D eigenvalue weighted by Gasteiger charge is 2.39. The Morgan fingerprint density at radius 3 is 2.62 bits per heavy atom. The highest BCUT2D eigenvalue weighted by atomic mass is 35.5. The SMILES string of the molecule is Cl.N[C@H]1C=C(C(=O)O)CCC1(F)F. The molecule has 0 unspecified atom stereocenters. The molecule has 0 spiro atoms. The van der Waals surface area contributed by atoms with Gasteiger partial charge in [-0.1, -0.05) is 6.08 Å². The molecule has 0 heterocycles. The van der Waals surface area contributed by atoms with Crippen LogP contribution in [0.1, 0.15) is 12.8 Å². The van der Waals surface area contributed by atoms with Gasteiger partial charge in [0.1, 0.15) is 0 Å². The lowest BCUT2D eigenvalue weighted by Crippen LogP contribution is -2.42. The molecule has 0 aromatic carbocycles. The summed E-state index contributed by atoms with van der Waals surface area (Å²) >= 11 is 0. The van der Waals surface area contributed by atoms with Crippen LogP contribution in [0.25, 0.3) is 0 Å². The zero-order chi connectivity index (χ0) is 9.35. The lowest BCUT2D eigenvalue weighted by Gasteiger charge is -2.25. The second-order valence-electron chi connectivity index (χ2n) is 2.78. The van der Waals surface area contributed by atoms with E-state index in [9.17, 15) is 13.6 Å². The van der Waals surface area contributed by atoms with Crippen LogP contribution in [0.4, 0.5) is 8.78 Å². The molecule has 0 aliphatic heterocycles. The monoisotopic (exact) mass is 213 g/mol. The first-order chi connectivity index (χ1) is 5.43. The van der Waals surface area contributed by atoms with Crippen molar-refractivity contribution in [3.05, 3.63) is 11.6 Å². The van der Waals surface area contributed by atoms with E-state index in [1.807, 2.05) is 0 Å². The van der Waals surface area contributed by atoms with Crippen molar-refractivity contribution in [2.75, 3.05) is 0 Å². The lowest BCUT2D eigenvalue weighted by molar-refractivity contribution is -0.133. The highest BCUT2D eigenvalue weighted by Crippen LogP contribution is 2.31. The summed E-state index contributed by atoms with van der Waals surface area (Å²) in [5.74, 6) is -4.13. The second kappa shape index (κ2) is 4.02. The van der Waals surface area contributed by atoms with E-state index in [0.29, 0.717) is 0 Å². The van der Waals surface area contributed by atoms with E-state index in [0.717, 1.165) is 6.08 Å². The Hall–Kier alpha value is -0.680. The molecule has 1 atom stereocenters. The van der Waals surface area contributed by atoms with Crippen molar-refractivity contribution < 1.29 is 18.7 Å². The first-order valence-electron chi connectivity index (χ1n) is 3.51. The van der Waals surface area contributed by atoms with Gasteiger partial charge in [-0.3, -0.25) is 0 Å². The minimum absolute atomic E-state index is 0. The van der Waals surface area contributed by atoms with Crippen LogP contribution in [0.2, 0.25) is 0 Å². The minimum Gasteiger partial charge on any atom is -0.478 e. The van der Waals surface area contributed by atoms with Crippen molar-refractivity contribution in [2.24, 2.45) is 5.73 Å². The summed E-state index contributed by atoms with van der Waals surface area (Å²) < 4.78 is 25.3. The van der Waals surface area contributed by atoms with Gasteiger partial charge in [0.25, 0.3) is 5.92 Å². The molecular weight excluding hydrogens is 204 g/mol. The molecule has 0 bridgehead atoms. The quantitative estimate of drug-likeness (QED) is 0.688. The maximum absolute atomic E-state index is 12.7. The van der Waals surface area contributed by atoms with Gasteiger partial charge in [-0.2, -0.15) is 0 Å². The number of halogens is 3.